The summed E-state index contributed by atoms with van der Waals surface area (Å²) in [6.07, 6.45) is 0.452. The highest BCUT2D eigenvalue weighted by atomic mass is 79.9. The molecule has 0 aliphatic heterocycles. The summed E-state index contributed by atoms with van der Waals surface area (Å²) in [6, 6.07) is 12.3. The van der Waals surface area contributed by atoms with Crippen LogP contribution in [0.15, 0.2) is 62.8 Å². The first-order chi connectivity index (χ1) is 12.6. The molecule has 0 fully saturated rings. The van der Waals surface area contributed by atoms with Crippen LogP contribution >= 0.6 is 15.9 Å². The van der Waals surface area contributed by atoms with Crippen molar-refractivity contribution in [1.82, 2.24) is 10.0 Å². The summed E-state index contributed by atoms with van der Waals surface area (Å²) in [5.41, 5.74) is 0.802. The summed E-state index contributed by atoms with van der Waals surface area (Å²) >= 11 is 3.16. The number of carbonyl (C=O) groups excluding carboxylic acids is 1. The van der Waals surface area contributed by atoms with Crippen molar-refractivity contribution in [2.75, 3.05) is 13.1 Å². The molecule has 2 aromatic carbocycles. The Kier molecular flexibility index (Phi) is 7.12. The largest absolute Gasteiger partial charge is 0.355 e. The summed E-state index contributed by atoms with van der Waals surface area (Å²) in [5.74, 6) is -0.480. The van der Waals surface area contributed by atoms with E-state index in [1.807, 2.05) is 0 Å². The summed E-state index contributed by atoms with van der Waals surface area (Å²) in [6.45, 7) is -0.127. The van der Waals surface area contributed by atoms with E-state index in [0.29, 0.717) is 10.9 Å². The van der Waals surface area contributed by atoms with Gasteiger partial charge in [0.1, 0.15) is 0 Å². The highest BCUT2D eigenvalue weighted by Gasteiger charge is 2.17. The van der Waals surface area contributed by atoms with Gasteiger partial charge in [0.05, 0.1) is 16.3 Å². The van der Waals surface area contributed by atoms with Crippen molar-refractivity contribution in [3.8, 4) is 0 Å². The highest BCUT2D eigenvalue weighted by molar-refractivity contribution is 9.10. The minimum Gasteiger partial charge on any atom is -0.355 e. The number of halogens is 1. The molecule has 4 N–H and O–H groups in total. The van der Waals surface area contributed by atoms with Crippen molar-refractivity contribution >= 4 is 41.9 Å². The van der Waals surface area contributed by atoms with Crippen LogP contribution in [0.1, 0.15) is 5.56 Å². The standard InChI is InChI=1S/C16H18BrN3O5S2/c17-14-3-1-2-4-15(14)27(24,25)20-11-16(21)19-10-9-12-5-7-13(8-6-12)26(18,22)23/h1-8,20H,9-11H2,(H,19,21)(H2,18,22,23). The van der Waals surface area contributed by atoms with Crippen LogP contribution in [0.4, 0.5) is 0 Å². The molecule has 146 valence electrons. The fourth-order valence-electron chi connectivity index (χ4n) is 2.16. The number of primary sulfonamides is 1. The smallest absolute Gasteiger partial charge is 0.242 e. The average molecular weight is 476 g/mol. The van der Waals surface area contributed by atoms with Crippen LogP contribution in [0.5, 0.6) is 0 Å². The first kappa shape index (κ1) is 21.5. The molecule has 1 amide bonds. The van der Waals surface area contributed by atoms with Crippen LogP contribution in [0, 0.1) is 0 Å². The number of nitrogens with two attached hydrogens (primary N) is 1. The van der Waals surface area contributed by atoms with Gasteiger partial charge in [0, 0.05) is 11.0 Å². The van der Waals surface area contributed by atoms with Gasteiger partial charge in [-0.3, -0.25) is 4.79 Å². The van der Waals surface area contributed by atoms with Crippen LogP contribution in [-0.2, 0) is 31.3 Å². The van der Waals surface area contributed by atoms with Gasteiger partial charge in [-0.1, -0.05) is 24.3 Å². The Morgan fingerprint density at radius 1 is 1.00 bits per heavy atom. The monoisotopic (exact) mass is 475 g/mol. The maximum absolute atomic E-state index is 12.2. The molecule has 0 atom stereocenters. The van der Waals surface area contributed by atoms with E-state index in [4.69, 9.17) is 5.14 Å². The molecule has 0 saturated carbocycles. The van der Waals surface area contributed by atoms with E-state index < -0.39 is 32.5 Å². The van der Waals surface area contributed by atoms with Crippen molar-refractivity contribution in [2.24, 2.45) is 5.14 Å². The summed E-state index contributed by atoms with van der Waals surface area (Å²) < 4.78 is 49.4. The van der Waals surface area contributed by atoms with E-state index in [2.05, 4.69) is 26.0 Å². The maximum Gasteiger partial charge on any atom is 0.242 e. The van der Waals surface area contributed by atoms with Crippen LogP contribution in [-0.4, -0.2) is 35.8 Å². The zero-order valence-corrected chi connectivity index (χ0v) is 17.3. The average Bonchev–Trinajstić information content (AvgIpc) is 2.60. The fraction of sp³-hybridized carbons (Fsp3) is 0.188. The van der Waals surface area contributed by atoms with Gasteiger partial charge in [-0.25, -0.2) is 26.7 Å². The van der Waals surface area contributed by atoms with Crippen molar-refractivity contribution in [1.29, 1.82) is 0 Å². The van der Waals surface area contributed by atoms with Crippen molar-refractivity contribution in [2.45, 2.75) is 16.2 Å². The Morgan fingerprint density at radius 3 is 2.22 bits per heavy atom. The molecular weight excluding hydrogens is 458 g/mol. The second kappa shape index (κ2) is 8.93. The normalized spacial score (nSPS) is 11.9. The fourth-order valence-corrected chi connectivity index (χ4v) is 4.65. The lowest BCUT2D eigenvalue weighted by Gasteiger charge is -2.09. The lowest BCUT2D eigenvalue weighted by molar-refractivity contribution is -0.119. The Labute approximate surface area is 166 Å². The van der Waals surface area contributed by atoms with E-state index in [1.54, 1.807) is 30.3 Å². The topological polar surface area (TPSA) is 135 Å². The second-order valence-corrected chi connectivity index (χ2v) is 9.70. The van der Waals surface area contributed by atoms with Crippen LogP contribution in [0.25, 0.3) is 0 Å². The SMILES string of the molecule is NS(=O)(=O)c1ccc(CCNC(=O)CNS(=O)(=O)c2ccccc2Br)cc1. The maximum atomic E-state index is 12.2. The summed E-state index contributed by atoms with van der Waals surface area (Å²) in [5, 5.41) is 7.62. The van der Waals surface area contributed by atoms with Crippen LogP contribution in [0.2, 0.25) is 0 Å². The lowest BCUT2D eigenvalue weighted by Crippen LogP contribution is -2.37. The molecule has 0 bridgehead atoms. The number of hydrogen-bond donors (Lipinski definition) is 3. The molecule has 0 unspecified atom stereocenters. The van der Waals surface area contributed by atoms with Gasteiger partial charge in [-0.2, -0.15) is 0 Å². The zero-order valence-electron chi connectivity index (χ0n) is 14.1. The molecule has 0 aliphatic rings. The van der Waals surface area contributed by atoms with Crippen LogP contribution < -0.4 is 15.2 Å². The number of benzene rings is 2. The Morgan fingerprint density at radius 2 is 1.63 bits per heavy atom. The molecule has 0 saturated heterocycles. The molecule has 0 heterocycles. The Bertz CT molecular complexity index is 1020. The molecule has 27 heavy (non-hydrogen) atoms. The highest BCUT2D eigenvalue weighted by Crippen LogP contribution is 2.20. The number of hydrogen-bond acceptors (Lipinski definition) is 5. The third-order valence-corrected chi connectivity index (χ3v) is 6.88. The number of amides is 1. The van der Waals surface area contributed by atoms with Gasteiger partial charge in [0.15, 0.2) is 0 Å². The molecule has 0 aliphatic carbocycles. The summed E-state index contributed by atoms with van der Waals surface area (Å²) in [4.78, 5) is 11.9. The zero-order chi connectivity index (χ0) is 20.1. The first-order valence-corrected chi connectivity index (χ1v) is 11.5. The van der Waals surface area contributed by atoms with Gasteiger partial charge < -0.3 is 5.32 Å². The quantitative estimate of drug-likeness (QED) is 0.516. The predicted octanol–water partition coefficient (Wildman–Crippen LogP) is 0.734. The molecule has 0 spiro atoms. The molecular formula is C16H18BrN3O5S2. The van der Waals surface area contributed by atoms with E-state index in [0.717, 1.165) is 5.56 Å². The minimum atomic E-state index is -3.81. The van der Waals surface area contributed by atoms with Gasteiger partial charge in [-0.05, 0) is 52.2 Å². The minimum absolute atomic E-state index is 0.0109. The molecule has 8 nitrogen and oxygen atoms in total. The van der Waals surface area contributed by atoms with Gasteiger partial charge in [0.25, 0.3) is 0 Å². The van der Waals surface area contributed by atoms with Crippen molar-refractivity contribution in [3.05, 3.63) is 58.6 Å². The van der Waals surface area contributed by atoms with Gasteiger partial charge in [-0.15, -0.1) is 0 Å². The number of carbonyl (C=O) groups is 1. The number of rotatable bonds is 8. The molecule has 11 heteroatoms. The third kappa shape index (κ3) is 6.40. The first-order valence-electron chi connectivity index (χ1n) is 7.72. The van der Waals surface area contributed by atoms with E-state index in [-0.39, 0.29) is 16.3 Å². The van der Waals surface area contributed by atoms with E-state index >= 15 is 0 Å². The van der Waals surface area contributed by atoms with Gasteiger partial charge in [0.2, 0.25) is 26.0 Å². The van der Waals surface area contributed by atoms with Crippen molar-refractivity contribution < 1.29 is 21.6 Å². The number of sulfonamides is 2. The third-order valence-electron chi connectivity index (χ3n) is 3.54. The van der Waals surface area contributed by atoms with Crippen molar-refractivity contribution in [3.63, 3.8) is 0 Å². The predicted molar refractivity (Wildman–Crippen MR) is 104 cm³/mol. The second-order valence-electron chi connectivity index (χ2n) is 5.54. The lowest BCUT2D eigenvalue weighted by atomic mass is 10.1. The van der Waals surface area contributed by atoms with Crippen LogP contribution in [0.3, 0.4) is 0 Å². The summed E-state index contributed by atoms with van der Waals surface area (Å²) in [7, 11) is -7.55. The molecule has 2 aromatic rings. The Balaban J connectivity index is 1.82. The van der Waals surface area contributed by atoms with E-state index in [9.17, 15) is 21.6 Å². The number of nitrogens with one attached hydrogen (secondary N) is 2. The molecule has 0 radical (unpaired) electrons. The van der Waals surface area contributed by atoms with Gasteiger partial charge >= 0.3 is 0 Å². The van der Waals surface area contributed by atoms with E-state index in [1.165, 1.54) is 18.2 Å². The Hall–Kier alpha value is -1.79. The molecule has 0 aromatic heterocycles. The molecule has 2 rings (SSSR count).